The van der Waals surface area contributed by atoms with Crippen LogP contribution in [0.15, 0.2) is 45.8 Å². The van der Waals surface area contributed by atoms with Crippen molar-refractivity contribution in [3.05, 3.63) is 47.7 Å². The van der Waals surface area contributed by atoms with Crippen LogP contribution in [-0.4, -0.2) is 34.9 Å². The molecule has 0 radical (unpaired) electrons. The van der Waals surface area contributed by atoms with Crippen molar-refractivity contribution < 1.29 is 27.2 Å². The number of aryl methyl sites for hydroxylation is 1. The minimum Gasteiger partial charge on any atom is -0.497 e. The second-order valence-electron chi connectivity index (χ2n) is 6.26. The van der Waals surface area contributed by atoms with Crippen LogP contribution in [0.4, 0.5) is 5.69 Å². The Morgan fingerprint density at radius 2 is 1.62 bits per heavy atom. The van der Waals surface area contributed by atoms with E-state index in [0.29, 0.717) is 22.8 Å². The average molecular weight is 418 g/mol. The van der Waals surface area contributed by atoms with Crippen molar-refractivity contribution in [2.45, 2.75) is 18.7 Å². The zero-order valence-corrected chi connectivity index (χ0v) is 17.6. The van der Waals surface area contributed by atoms with Crippen LogP contribution in [-0.2, 0) is 10.0 Å². The lowest BCUT2D eigenvalue weighted by Crippen LogP contribution is -2.15. The Kier molecular flexibility index (Phi) is 5.69. The molecule has 0 aliphatic rings. The highest BCUT2D eigenvalue weighted by molar-refractivity contribution is 7.92. The van der Waals surface area contributed by atoms with E-state index in [1.807, 2.05) is 13.8 Å². The fourth-order valence-electron chi connectivity index (χ4n) is 2.81. The highest BCUT2D eigenvalue weighted by atomic mass is 32.2. The third-order valence-electron chi connectivity index (χ3n) is 4.52. The molecule has 0 fully saturated rings. The number of methoxy groups -OCH3 is 3. The lowest BCUT2D eigenvalue weighted by atomic mass is 10.1. The fraction of sp³-hybridized carbons (Fsp3) is 0.250. The van der Waals surface area contributed by atoms with Gasteiger partial charge in [0.05, 0.1) is 32.7 Å². The van der Waals surface area contributed by atoms with E-state index < -0.39 is 10.0 Å². The van der Waals surface area contributed by atoms with Gasteiger partial charge in [0.15, 0.2) is 5.76 Å². The van der Waals surface area contributed by atoms with Crippen LogP contribution in [0.25, 0.3) is 11.3 Å². The van der Waals surface area contributed by atoms with Crippen LogP contribution >= 0.6 is 0 Å². The number of benzene rings is 2. The molecule has 0 atom stereocenters. The van der Waals surface area contributed by atoms with E-state index in [1.165, 1.54) is 33.5 Å². The third kappa shape index (κ3) is 4.00. The molecule has 0 saturated heterocycles. The lowest BCUT2D eigenvalue weighted by molar-refractivity contribution is 0.402. The van der Waals surface area contributed by atoms with Crippen molar-refractivity contribution in [2.75, 3.05) is 26.1 Å². The summed E-state index contributed by atoms with van der Waals surface area (Å²) in [6, 6.07) is 9.61. The highest BCUT2D eigenvalue weighted by Gasteiger charge is 2.24. The molecule has 0 aliphatic carbocycles. The SMILES string of the molecule is COc1ccc(OC)c(NS(=O)(=O)c2cc(-c3onc(C)c3C)ccc2OC)c1. The molecule has 3 rings (SSSR count). The minimum atomic E-state index is -4.02. The van der Waals surface area contributed by atoms with Crippen molar-refractivity contribution >= 4 is 15.7 Å². The predicted molar refractivity (Wildman–Crippen MR) is 108 cm³/mol. The topological polar surface area (TPSA) is 99.9 Å². The molecule has 2 aromatic carbocycles. The summed E-state index contributed by atoms with van der Waals surface area (Å²) in [6.45, 7) is 3.68. The van der Waals surface area contributed by atoms with E-state index in [2.05, 4.69) is 9.88 Å². The molecule has 0 aliphatic heterocycles. The van der Waals surface area contributed by atoms with E-state index in [4.69, 9.17) is 18.7 Å². The van der Waals surface area contributed by atoms with Crippen LogP contribution in [0.3, 0.4) is 0 Å². The zero-order valence-electron chi connectivity index (χ0n) is 16.8. The Morgan fingerprint density at radius 1 is 0.931 bits per heavy atom. The van der Waals surface area contributed by atoms with E-state index >= 15 is 0 Å². The van der Waals surface area contributed by atoms with E-state index in [-0.39, 0.29) is 16.3 Å². The summed E-state index contributed by atoms with van der Waals surface area (Å²) in [4.78, 5) is -0.0455. The van der Waals surface area contributed by atoms with Crippen LogP contribution < -0.4 is 18.9 Å². The lowest BCUT2D eigenvalue weighted by Gasteiger charge is -2.15. The summed E-state index contributed by atoms with van der Waals surface area (Å²) >= 11 is 0. The number of ether oxygens (including phenoxy) is 3. The molecule has 3 aromatic rings. The normalized spacial score (nSPS) is 11.2. The van der Waals surface area contributed by atoms with E-state index in [9.17, 15) is 8.42 Å². The molecule has 0 unspecified atom stereocenters. The van der Waals surface area contributed by atoms with Gasteiger partial charge in [0.1, 0.15) is 22.1 Å². The number of rotatable bonds is 7. The largest absolute Gasteiger partial charge is 0.497 e. The quantitative estimate of drug-likeness (QED) is 0.623. The predicted octanol–water partition coefficient (Wildman–Crippen LogP) is 3.79. The standard InChI is InChI=1S/C20H22N2O6S/c1-12-13(2)21-28-20(12)14-6-8-18(27-5)19(10-14)29(23,24)22-16-11-15(25-3)7-9-17(16)26-4/h6-11,22H,1-5H3. The van der Waals surface area contributed by atoms with Crippen molar-refractivity contribution in [3.8, 4) is 28.6 Å². The van der Waals surface area contributed by atoms with Crippen LogP contribution in [0.5, 0.6) is 17.2 Å². The zero-order chi connectivity index (χ0) is 21.2. The summed E-state index contributed by atoms with van der Waals surface area (Å²) in [5.41, 5.74) is 2.38. The summed E-state index contributed by atoms with van der Waals surface area (Å²) in [6.07, 6.45) is 0. The van der Waals surface area contributed by atoms with Crippen molar-refractivity contribution in [3.63, 3.8) is 0 Å². The highest BCUT2D eigenvalue weighted by Crippen LogP contribution is 2.35. The fourth-order valence-corrected chi connectivity index (χ4v) is 4.06. The number of anilines is 1. The average Bonchev–Trinajstić information content (AvgIpc) is 3.05. The molecule has 0 spiro atoms. The molecule has 0 bridgehead atoms. The molecule has 1 N–H and O–H groups in total. The molecular weight excluding hydrogens is 396 g/mol. The molecule has 8 nitrogen and oxygen atoms in total. The molecule has 29 heavy (non-hydrogen) atoms. The van der Waals surface area contributed by atoms with E-state index in [0.717, 1.165) is 11.3 Å². The minimum absolute atomic E-state index is 0.0455. The van der Waals surface area contributed by atoms with Gasteiger partial charge in [-0.15, -0.1) is 0 Å². The number of nitrogens with one attached hydrogen (secondary N) is 1. The molecule has 9 heteroatoms. The van der Waals surface area contributed by atoms with Crippen LogP contribution in [0.1, 0.15) is 11.3 Å². The third-order valence-corrected chi connectivity index (χ3v) is 5.91. The molecule has 154 valence electrons. The molecular formula is C20H22N2O6S. The maximum Gasteiger partial charge on any atom is 0.265 e. The maximum absolute atomic E-state index is 13.2. The second-order valence-corrected chi connectivity index (χ2v) is 7.91. The van der Waals surface area contributed by atoms with Gasteiger partial charge in [-0.25, -0.2) is 8.42 Å². The van der Waals surface area contributed by atoms with Gasteiger partial charge in [-0.05, 0) is 44.2 Å². The van der Waals surface area contributed by atoms with Gasteiger partial charge in [-0.2, -0.15) is 0 Å². The first-order chi connectivity index (χ1) is 13.8. The molecule has 1 heterocycles. The van der Waals surface area contributed by atoms with Crippen LogP contribution in [0, 0.1) is 13.8 Å². The number of nitrogens with zero attached hydrogens (tertiary/aromatic N) is 1. The molecule has 0 amide bonds. The van der Waals surface area contributed by atoms with E-state index in [1.54, 1.807) is 24.3 Å². The first kappa shape index (κ1) is 20.5. The summed E-state index contributed by atoms with van der Waals surface area (Å²) in [5, 5.41) is 3.93. The first-order valence-electron chi connectivity index (χ1n) is 8.67. The second kappa shape index (κ2) is 8.04. The number of hydrogen-bond donors (Lipinski definition) is 1. The molecule has 0 saturated carbocycles. The Bertz CT molecular complexity index is 1140. The number of hydrogen-bond acceptors (Lipinski definition) is 7. The van der Waals surface area contributed by atoms with Gasteiger partial charge in [0.2, 0.25) is 0 Å². The smallest absolute Gasteiger partial charge is 0.265 e. The summed E-state index contributed by atoms with van der Waals surface area (Å²) in [7, 11) is 0.332. The Morgan fingerprint density at radius 3 is 2.21 bits per heavy atom. The van der Waals surface area contributed by atoms with Gasteiger partial charge in [-0.3, -0.25) is 4.72 Å². The Labute approximate surface area is 169 Å². The van der Waals surface area contributed by atoms with Gasteiger partial charge in [0, 0.05) is 17.2 Å². The summed E-state index contributed by atoms with van der Waals surface area (Å²) < 4.78 is 50.0. The maximum atomic E-state index is 13.2. The Balaban J connectivity index is 2.09. The van der Waals surface area contributed by atoms with Crippen LogP contribution in [0.2, 0.25) is 0 Å². The van der Waals surface area contributed by atoms with Gasteiger partial charge < -0.3 is 18.7 Å². The number of aromatic nitrogens is 1. The monoisotopic (exact) mass is 418 g/mol. The summed E-state index contributed by atoms with van der Waals surface area (Å²) in [5.74, 6) is 1.53. The van der Waals surface area contributed by atoms with Crippen molar-refractivity contribution in [1.82, 2.24) is 5.16 Å². The van der Waals surface area contributed by atoms with Crippen molar-refractivity contribution in [1.29, 1.82) is 0 Å². The molecule has 1 aromatic heterocycles. The first-order valence-corrected chi connectivity index (χ1v) is 10.1. The number of sulfonamides is 1. The Hall–Kier alpha value is -3.20. The van der Waals surface area contributed by atoms with Crippen molar-refractivity contribution in [2.24, 2.45) is 0 Å². The van der Waals surface area contributed by atoms with Gasteiger partial charge in [0.25, 0.3) is 10.0 Å². The van der Waals surface area contributed by atoms with Gasteiger partial charge in [-0.1, -0.05) is 5.16 Å². The van der Waals surface area contributed by atoms with Gasteiger partial charge >= 0.3 is 0 Å².